The van der Waals surface area contributed by atoms with Crippen molar-refractivity contribution in [3.05, 3.63) is 57.8 Å². The topological polar surface area (TPSA) is 99.8 Å². The van der Waals surface area contributed by atoms with E-state index >= 15 is 0 Å². The number of rotatable bonds is 9. The van der Waals surface area contributed by atoms with Gasteiger partial charge >= 0.3 is 0 Å². The largest absolute Gasteiger partial charge is 0.495 e. The molecule has 11 heteroatoms. The van der Waals surface area contributed by atoms with E-state index in [9.17, 15) is 9.59 Å². The van der Waals surface area contributed by atoms with Crippen LogP contribution in [0.4, 0.5) is 5.69 Å². The van der Waals surface area contributed by atoms with Crippen molar-refractivity contribution in [2.75, 3.05) is 31.9 Å². The second-order valence-electron chi connectivity index (χ2n) is 7.12. The van der Waals surface area contributed by atoms with Gasteiger partial charge in [-0.15, -0.1) is 10.2 Å². The molecule has 0 spiro atoms. The number of methoxy groups -OCH3 is 2. The molecule has 4 aromatic rings. The molecule has 9 nitrogen and oxygen atoms in total. The van der Waals surface area contributed by atoms with Gasteiger partial charge < -0.3 is 14.8 Å². The Morgan fingerprint density at radius 1 is 1.18 bits per heavy atom. The van der Waals surface area contributed by atoms with Crippen molar-refractivity contribution in [2.45, 2.75) is 18.1 Å². The number of nitrogens with one attached hydrogen (secondary N) is 1. The van der Waals surface area contributed by atoms with Crippen LogP contribution in [0.2, 0.25) is 5.02 Å². The molecule has 33 heavy (non-hydrogen) atoms. The highest BCUT2D eigenvalue weighted by Gasteiger charge is 2.17. The number of para-hydroxylation sites is 1. The van der Waals surface area contributed by atoms with E-state index < -0.39 is 0 Å². The van der Waals surface area contributed by atoms with E-state index in [1.165, 1.54) is 18.9 Å². The second kappa shape index (κ2) is 10.2. The average Bonchev–Trinajstić information content (AvgIpc) is 3.24. The number of benzene rings is 2. The Kier molecular flexibility index (Phi) is 7.17. The minimum Gasteiger partial charge on any atom is -0.495 e. The third-order valence-corrected chi connectivity index (χ3v) is 6.20. The summed E-state index contributed by atoms with van der Waals surface area (Å²) in [5.74, 6) is 0.833. The van der Waals surface area contributed by atoms with Crippen LogP contribution in [0.5, 0.6) is 5.75 Å². The first kappa shape index (κ1) is 23.1. The number of fused-ring (bicyclic) bond motifs is 3. The fourth-order valence-corrected chi connectivity index (χ4v) is 4.46. The molecule has 4 rings (SSSR count). The molecule has 172 valence electrons. The van der Waals surface area contributed by atoms with Crippen LogP contribution >= 0.6 is 23.4 Å². The lowest BCUT2D eigenvalue weighted by atomic mass is 10.2. The molecule has 2 aromatic heterocycles. The molecule has 1 N–H and O–H groups in total. The first-order valence-electron chi connectivity index (χ1n) is 10.1. The number of carbonyl (C=O) groups is 1. The van der Waals surface area contributed by atoms with Gasteiger partial charge in [0.2, 0.25) is 11.7 Å². The van der Waals surface area contributed by atoms with E-state index in [-0.39, 0.29) is 17.2 Å². The first-order chi connectivity index (χ1) is 16.0. The maximum Gasteiger partial charge on any atom is 0.262 e. The number of aromatic nitrogens is 4. The smallest absolute Gasteiger partial charge is 0.262 e. The zero-order valence-electron chi connectivity index (χ0n) is 18.1. The Balaban J connectivity index is 1.60. The van der Waals surface area contributed by atoms with E-state index in [0.717, 1.165) is 0 Å². The third kappa shape index (κ3) is 4.82. The lowest BCUT2D eigenvalue weighted by Crippen LogP contribution is -2.24. The number of halogens is 1. The highest BCUT2D eigenvalue weighted by Crippen LogP contribution is 2.27. The summed E-state index contributed by atoms with van der Waals surface area (Å²) in [6.07, 6.45) is 0.659. The van der Waals surface area contributed by atoms with Crippen molar-refractivity contribution in [1.82, 2.24) is 19.2 Å². The molecule has 2 heterocycles. The van der Waals surface area contributed by atoms with Gasteiger partial charge in [0.1, 0.15) is 5.75 Å². The number of aryl methyl sites for hydroxylation is 1. The molecule has 2 aromatic carbocycles. The van der Waals surface area contributed by atoms with Crippen LogP contribution in [0.25, 0.3) is 16.7 Å². The number of hydrogen-bond acceptors (Lipinski definition) is 7. The van der Waals surface area contributed by atoms with Crippen molar-refractivity contribution in [3.8, 4) is 5.75 Å². The van der Waals surface area contributed by atoms with Crippen LogP contribution in [-0.2, 0) is 16.1 Å². The van der Waals surface area contributed by atoms with Gasteiger partial charge in [-0.05, 0) is 36.8 Å². The van der Waals surface area contributed by atoms with Gasteiger partial charge in [-0.2, -0.15) is 0 Å². The summed E-state index contributed by atoms with van der Waals surface area (Å²) in [7, 11) is 3.15. The van der Waals surface area contributed by atoms with E-state index in [0.29, 0.717) is 57.9 Å². The maximum absolute atomic E-state index is 13.0. The Morgan fingerprint density at radius 3 is 2.76 bits per heavy atom. The number of thioether (sulfide) groups is 1. The quantitative estimate of drug-likeness (QED) is 0.285. The van der Waals surface area contributed by atoms with E-state index in [1.807, 2.05) is 22.6 Å². The van der Waals surface area contributed by atoms with Crippen LogP contribution in [0.1, 0.15) is 6.42 Å². The van der Waals surface area contributed by atoms with Crippen LogP contribution in [-0.4, -0.2) is 51.7 Å². The maximum atomic E-state index is 13.0. The standard InChI is InChI=1S/C22H22ClN5O4S/c1-31-11-5-10-27-20(30)15-6-3-4-7-17(15)28-21(27)25-26-22(28)33-13-19(29)24-14-8-9-18(32-2)16(23)12-14/h3-4,6-9,12H,5,10-11,13H2,1-2H3,(H,24,29). The molecule has 0 aliphatic carbocycles. The summed E-state index contributed by atoms with van der Waals surface area (Å²) in [6.45, 7) is 0.971. The molecule has 1 amide bonds. The lowest BCUT2D eigenvalue weighted by molar-refractivity contribution is -0.113. The number of carbonyl (C=O) groups excluding carboxylic acids is 1. The van der Waals surface area contributed by atoms with Crippen molar-refractivity contribution in [2.24, 2.45) is 0 Å². The van der Waals surface area contributed by atoms with Crippen molar-refractivity contribution >= 4 is 51.6 Å². The predicted octanol–water partition coefficient (Wildman–Crippen LogP) is 3.47. The van der Waals surface area contributed by atoms with Gasteiger partial charge in [0, 0.05) is 25.9 Å². The summed E-state index contributed by atoms with van der Waals surface area (Å²) < 4.78 is 13.7. The Morgan fingerprint density at radius 2 is 2.00 bits per heavy atom. The molecule has 0 radical (unpaired) electrons. The second-order valence-corrected chi connectivity index (χ2v) is 8.47. The molecule has 0 saturated heterocycles. The van der Waals surface area contributed by atoms with Gasteiger partial charge in [0.15, 0.2) is 5.16 Å². The number of ether oxygens (including phenoxy) is 2. The number of anilines is 1. The molecular weight excluding hydrogens is 466 g/mol. The molecule has 0 bridgehead atoms. The highest BCUT2D eigenvalue weighted by molar-refractivity contribution is 7.99. The Hall–Kier alpha value is -3.08. The first-order valence-corrected chi connectivity index (χ1v) is 11.5. The van der Waals surface area contributed by atoms with Crippen LogP contribution in [0.15, 0.2) is 52.4 Å². The van der Waals surface area contributed by atoms with Crippen LogP contribution < -0.4 is 15.6 Å². The summed E-state index contributed by atoms with van der Waals surface area (Å²) in [6, 6.07) is 12.3. The molecule has 0 atom stereocenters. The van der Waals surface area contributed by atoms with Gasteiger partial charge in [0.25, 0.3) is 5.56 Å². The monoisotopic (exact) mass is 487 g/mol. The SMILES string of the molecule is COCCCn1c(=O)c2ccccc2n2c(SCC(=O)Nc3ccc(OC)c(Cl)c3)nnc12. The zero-order chi connectivity index (χ0) is 23.4. The van der Waals surface area contributed by atoms with Gasteiger partial charge in [-0.3, -0.25) is 18.6 Å². The molecule has 0 aliphatic heterocycles. The van der Waals surface area contributed by atoms with Crippen molar-refractivity contribution < 1.29 is 14.3 Å². The van der Waals surface area contributed by atoms with Gasteiger partial charge in [0.05, 0.1) is 28.8 Å². The van der Waals surface area contributed by atoms with Crippen molar-refractivity contribution in [1.29, 1.82) is 0 Å². The minimum atomic E-state index is -0.226. The molecule has 0 saturated carbocycles. The molecule has 0 unspecified atom stereocenters. The Bertz CT molecular complexity index is 1370. The number of amides is 1. The predicted molar refractivity (Wildman–Crippen MR) is 129 cm³/mol. The Labute approximate surface area is 198 Å². The minimum absolute atomic E-state index is 0.0988. The average molecular weight is 488 g/mol. The van der Waals surface area contributed by atoms with Crippen LogP contribution in [0.3, 0.4) is 0 Å². The molecule has 0 aliphatic rings. The van der Waals surface area contributed by atoms with Gasteiger partial charge in [-0.1, -0.05) is 35.5 Å². The molecular formula is C22H22ClN5O4S. The fraction of sp³-hybridized carbons (Fsp3) is 0.273. The normalized spacial score (nSPS) is 11.2. The van der Waals surface area contributed by atoms with E-state index in [1.54, 1.807) is 35.9 Å². The zero-order valence-corrected chi connectivity index (χ0v) is 19.7. The highest BCUT2D eigenvalue weighted by atomic mass is 35.5. The third-order valence-electron chi connectivity index (χ3n) is 4.98. The number of nitrogens with zero attached hydrogens (tertiary/aromatic N) is 4. The van der Waals surface area contributed by atoms with E-state index in [4.69, 9.17) is 21.1 Å². The lowest BCUT2D eigenvalue weighted by Gasteiger charge is -2.11. The molecule has 0 fully saturated rings. The van der Waals surface area contributed by atoms with E-state index in [2.05, 4.69) is 15.5 Å². The summed E-state index contributed by atoms with van der Waals surface area (Å²) in [5.41, 5.74) is 1.12. The number of hydrogen-bond donors (Lipinski definition) is 1. The summed E-state index contributed by atoms with van der Waals surface area (Å²) in [4.78, 5) is 25.6. The van der Waals surface area contributed by atoms with Crippen molar-refractivity contribution in [3.63, 3.8) is 0 Å². The summed E-state index contributed by atoms with van der Waals surface area (Å²) in [5, 5.41) is 12.8. The van der Waals surface area contributed by atoms with Gasteiger partial charge in [-0.25, -0.2) is 0 Å². The van der Waals surface area contributed by atoms with Crippen LogP contribution in [0, 0.1) is 0 Å². The summed E-state index contributed by atoms with van der Waals surface area (Å²) >= 11 is 7.36. The fourth-order valence-electron chi connectivity index (χ4n) is 3.47.